The number of nitrogens with one attached hydrogen (secondary N) is 3. The zero-order valence-corrected chi connectivity index (χ0v) is 18.3. The standard InChI is InChI=1S/C24H18ClF3N4O2/c1-14(17-5-2-3-6-18(17)15-8-10-16(25)11-9-15)30-13-23(21(33)31-22(34)32-23)20-19(24(26,27)28)7-4-12-29-20/h2-12,30H,1,13H2,(H2,31,32,33,34). The van der Waals surface area contributed by atoms with Gasteiger partial charge in [-0.25, -0.2) is 4.79 Å². The molecule has 0 spiro atoms. The van der Waals surface area contributed by atoms with E-state index in [2.05, 4.69) is 22.2 Å². The Balaban J connectivity index is 1.69. The van der Waals surface area contributed by atoms with Gasteiger partial charge in [0.25, 0.3) is 5.91 Å². The first-order valence-corrected chi connectivity index (χ1v) is 10.4. The number of aromatic nitrogens is 1. The van der Waals surface area contributed by atoms with Crippen molar-refractivity contribution in [3.05, 3.63) is 95.3 Å². The monoisotopic (exact) mass is 486 g/mol. The second-order valence-corrected chi connectivity index (χ2v) is 8.03. The first-order valence-electron chi connectivity index (χ1n) is 10.1. The van der Waals surface area contributed by atoms with Gasteiger partial charge in [0.05, 0.1) is 17.8 Å². The molecule has 1 aliphatic heterocycles. The van der Waals surface area contributed by atoms with Crippen LogP contribution in [-0.4, -0.2) is 23.5 Å². The van der Waals surface area contributed by atoms with Crippen LogP contribution < -0.4 is 16.0 Å². The number of halogens is 4. The molecule has 1 unspecified atom stereocenters. The first-order chi connectivity index (χ1) is 16.1. The summed E-state index contributed by atoms with van der Waals surface area (Å²) >= 11 is 5.98. The van der Waals surface area contributed by atoms with Gasteiger partial charge >= 0.3 is 12.2 Å². The molecule has 2 aromatic carbocycles. The number of amides is 3. The molecule has 0 saturated carbocycles. The SMILES string of the molecule is C=C(NCC1(c2ncccc2C(F)(F)F)NC(=O)NC1=O)c1ccccc1-c1ccc(Cl)cc1. The van der Waals surface area contributed by atoms with Gasteiger partial charge in [-0.1, -0.05) is 54.6 Å². The summed E-state index contributed by atoms with van der Waals surface area (Å²) < 4.78 is 41.1. The molecule has 1 atom stereocenters. The molecule has 1 fully saturated rings. The molecule has 3 amide bonds. The molecule has 34 heavy (non-hydrogen) atoms. The zero-order valence-electron chi connectivity index (χ0n) is 17.5. The number of benzene rings is 2. The summed E-state index contributed by atoms with van der Waals surface area (Å²) in [7, 11) is 0. The molecule has 4 rings (SSSR count). The van der Waals surface area contributed by atoms with Gasteiger partial charge in [-0.05, 0) is 35.4 Å². The highest BCUT2D eigenvalue weighted by Crippen LogP contribution is 2.37. The smallest absolute Gasteiger partial charge is 0.382 e. The second-order valence-electron chi connectivity index (χ2n) is 7.60. The molecule has 3 aromatic rings. The van der Waals surface area contributed by atoms with E-state index < -0.39 is 41.5 Å². The van der Waals surface area contributed by atoms with E-state index in [1.807, 2.05) is 29.6 Å². The Labute approximate surface area is 197 Å². The number of pyridine rings is 1. The topological polar surface area (TPSA) is 83.1 Å². The largest absolute Gasteiger partial charge is 0.418 e. The van der Waals surface area contributed by atoms with Crippen LogP contribution in [0.1, 0.15) is 16.8 Å². The van der Waals surface area contributed by atoms with Crippen molar-refractivity contribution < 1.29 is 22.8 Å². The van der Waals surface area contributed by atoms with Crippen molar-refractivity contribution in [2.45, 2.75) is 11.7 Å². The van der Waals surface area contributed by atoms with Crippen LogP contribution >= 0.6 is 11.6 Å². The summed E-state index contributed by atoms with van der Waals surface area (Å²) in [6.07, 6.45) is -3.66. The van der Waals surface area contributed by atoms with Crippen LogP contribution in [0, 0.1) is 0 Å². The Bertz CT molecular complexity index is 1280. The van der Waals surface area contributed by atoms with E-state index >= 15 is 0 Å². The lowest BCUT2D eigenvalue weighted by Gasteiger charge is -2.29. The lowest BCUT2D eigenvalue weighted by molar-refractivity contribution is -0.139. The summed E-state index contributed by atoms with van der Waals surface area (Å²) in [5, 5.41) is 7.83. The van der Waals surface area contributed by atoms with Crippen molar-refractivity contribution in [1.29, 1.82) is 0 Å². The van der Waals surface area contributed by atoms with Gasteiger partial charge < -0.3 is 10.6 Å². The highest BCUT2D eigenvalue weighted by molar-refractivity contribution is 6.30. The van der Waals surface area contributed by atoms with Crippen molar-refractivity contribution in [3.8, 4) is 11.1 Å². The summed E-state index contributed by atoms with van der Waals surface area (Å²) in [6.45, 7) is 3.59. The van der Waals surface area contributed by atoms with E-state index in [0.29, 0.717) is 16.3 Å². The van der Waals surface area contributed by atoms with Crippen molar-refractivity contribution >= 4 is 29.2 Å². The van der Waals surface area contributed by atoms with Crippen LogP contribution in [0.15, 0.2) is 73.4 Å². The molecule has 1 saturated heterocycles. The molecule has 174 valence electrons. The van der Waals surface area contributed by atoms with Gasteiger partial charge in [0.2, 0.25) is 0 Å². The van der Waals surface area contributed by atoms with E-state index in [1.165, 1.54) is 0 Å². The van der Waals surface area contributed by atoms with Crippen molar-refractivity contribution in [2.75, 3.05) is 6.54 Å². The number of rotatable bonds is 6. The zero-order chi connectivity index (χ0) is 24.5. The average molecular weight is 487 g/mol. The fourth-order valence-corrected chi connectivity index (χ4v) is 3.93. The number of carbonyl (C=O) groups excluding carboxylic acids is 2. The molecule has 3 N–H and O–H groups in total. The van der Waals surface area contributed by atoms with Crippen LogP contribution in [0.5, 0.6) is 0 Å². The quantitative estimate of drug-likeness (QED) is 0.440. The minimum Gasteiger partial charge on any atom is -0.382 e. The molecule has 0 aliphatic carbocycles. The minimum atomic E-state index is -4.79. The Morgan fingerprint density at radius 1 is 1.06 bits per heavy atom. The van der Waals surface area contributed by atoms with Crippen LogP contribution in [0.3, 0.4) is 0 Å². The van der Waals surface area contributed by atoms with Crippen LogP contribution in [0.4, 0.5) is 18.0 Å². The number of urea groups is 1. The van der Waals surface area contributed by atoms with Crippen molar-refractivity contribution in [1.82, 2.24) is 20.9 Å². The Kier molecular flexibility index (Phi) is 6.05. The summed E-state index contributed by atoms with van der Waals surface area (Å²) in [5.41, 5.74) is -1.21. The predicted molar refractivity (Wildman–Crippen MR) is 122 cm³/mol. The maximum atomic E-state index is 13.7. The fourth-order valence-electron chi connectivity index (χ4n) is 3.80. The lowest BCUT2D eigenvalue weighted by atomic mass is 9.90. The number of hydrogen-bond donors (Lipinski definition) is 3. The normalized spacial score (nSPS) is 17.8. The molecular formula is C24H18ClF3N4O2. The van der Waals surface area contributed by atoms with E-state index in [4.69, 9.17) is 11.6 Å². The third-order valence-corrected chi connectivity index (χ3v) is 5.69. The van der Waals surface area contributed by atoms with Crippen LogP contribution in [0.25, 0.3) is 16.8 Å². The molecule has 1 aliphatic rings. The van der Waals surface area contributed by atoms with Crippen LogP contribution in [-0.2, 0) is 16.5 Å². The van der Waals surface area contributed by atoms with Crippen molar-refractivity contribution in [2.24, 2.45) is 0 Å². The van der Waals surface area contributed by atoms with Gasteiger partial charge in [0.15, 0.2) is 5.54 Å². The molecule has 0 bridgehead atoms. The highest BCUT2D eigenvalue weighted by Gasteiger charge is 2.53. The maximum Gasteiger partial charge on any atom is 0.418 e. The van der Waals surface area contributed by atoms with E-state index in [1.54, 1.807) is 24.3 Å². The molecule has 1 aromatic heterocycles. The number of nitrogens with zero attached hydrogens (tertiary/aromatic N) is 1. The number of alkyl halides is 3. The molecule has 6 nitrogen and oxygen atoms in total. The Morgan fingerprint density at radius 3 is 2.41 bits per heavy atom. The first kappa shape index (κ1) is 23.3. The molecular weight excluding hydrogens is 469 g/mol. The third kappa shape index (κ3) is 4.34. The predicted octanol–water partition coefficient (Wildman–Crippen LogP) is 4.72. The van der Waals surface area contributed by atoms with E-state index in [9.17, 15) is 22.8 Å². The number of carbonyl (C=O) groups is 2. The van der Waals surface area contributed by atoms with Gasteiger partial charge in [0, 0.05) is 22.5 Å². The minimum absolute atomic E-state index is 0.336. The average Bonchev–Trinajstić information content (AvgIpc) is 3.11. The van der Waals surface area contributed by atoms with Gasteiger partial charge in [0.1, 0.15) is 0 Å². The lowest BCUT2D eigenvalue weighted by Crippen LogP contribution is -2.52. The molecule has 0 radical (unpaired) electrons. The molecule has 2 heterocycles. The van der Waals surface area contributed by atoms with Gasteiger partial charge in [-0.2, -0.15) is 13.2 Å². The van der Waals surface area contributed by atoms with E-state index in [0.717, 1.165) is 29.5 Å². The summed E-state index contributed by atoms with van der Waals surface area (Å²) in [6, 6.07) is 15.4. The summed E-state index contributed by atoms with van der Waals surface area (Å²) in [4.78, 5) is 28.6. The Hall–Kier alpha value is -3.85. The Morgan fingerprint density at radius 2 is 1.76 bits per heavy atom. The second kappa shape index (κ2) is 8.83. The number of hydrogen-bond acceptors (Lipinski definition) is 4. The third-order valence-electron chi connectivity index (χ3n) is 5.43. The highest BCUT2D eigenvalue weighted by atomic mass is 35.5. The van der Waals surface area contributed by atoms with Crippen LogP contribution in [0.2, 0.25) is 5.02 Å². The van der Waals surface area contributed by atoms with Gasteiger partial charge in [-0.15, -0.1) is 0 Å². The van der Waals surface area contributed by atoms with E-state index in [-0.39, 0.29) is 0 Å². The summed E-state index contributed by atoms with van der Waals surface area (Å²) in [5.74, 6) is -0.951. The van der Waals surface area contributed by atoms with Crippen molar-refractivity contribution in [3.63, 3.8) is 0 Å². The van der Waals surface area contributed by atoms with Gasteiger partial charge in [-0.3, -0.25) is 15.1 Å². The molecule has 10 heteroatoms. The maximum absolute atomic E-state index is 13.7. The number of imide groups is 1. The fraction of sp³-hybridized carbons (Fsp3) is 0.125.